The number of imidazole rings is 1. The fraction of sp³-hybridized carbons (Fsp3) is 0.222. The number of anilines is 1. The van der Waals surface area contributed by atoms with Gasteiger partial charge < -0.3 is 9.67 Å². The summed E-state index contributed by atoms with van der Waals surface area (Å²) in [5, 5.41) is 20.1. The highest BCUT2D eigenvalue weighted by molar-refractivity contribution is 7.90. The quantitative estimate of drug-likeness (QED) is 0.226. The molecule has 1 aliphatic heterocycles. The molecule has 0 bridgehead atoms. The van der Waals surface area contributed by atoms with Crippen molar-refractivity contribution in [1.82, 2.24) is 9.55 Å². The van der Waals surface area contributed by atoms with Crippen molar-refractivity contribution in [3.8, 4) is 16.8 Å². The van der Waals surface area contributed by atoms with Gasteiger partial charge in [0.1, 0.15) is 17.7 Å². The summed E-state index contributed by atoms with van der Waals surface area (Å²) in [5.41, 5.74) is 0.192. The van der Waals surface area contributed by atoms with E-state index in [4.69, 9.17) is 23.2 Å². The van der Waals surface area contributed by atoms with Crippen molar-refractivity contribution in [2.24, 2.45) is 10.3 Å². The number of rotatable bonds is 6. The van der Waals surface area contributed by atoms with Gasteiger partial charge in [-0.05, 0) is 60.0 Å². The minimum Gasteiger partial charge on any atom is -0.392 e. The van der Waals surface area contributed by atoms with Crippen LogP contribution in [0, 0.1) is 12.7 Å². The van der Waals surface area contributed by atoms with Crippen LogP contribution in [0.3, 0.4) is 0 Å². The number of sulfone groups is 1. The van der Waals surface area contributed by atoms with Gasteiger partial charge in [-0.1, -0.05) is 40.6 Å². The molecule has 15 heteroatoms. The number of aliphatic hydroxyl groups excluding tert-OH is 1. The van der Waals surface area contributed by atoms with Crippen molar-refractivity contribution in [3.63, 3.8) is 0 Å². The highest BCUT2D eigenvalue weighted by Crippen LogP contribution is 2.41. The summed E-state index contributed by atoms with van der Waals surface area (Å²) in [4.78, 5) is 3.28. The lowest BCUT2D eigenvalue weighted by molar-refractivity contribution is -0.141. The first kappa shape index (κ1) is 30.0. The first-order valence-corrected chi connectivity index (χ1v) is 14.9. The second-order valence-electron chi connectivity index (χ2n) is 9.56. The molecule has 2 heterocycles. The lowest BCUT2D eigenvalue weighted by atomic mass is 10.0. The lowest BCUT2D eigenvalue weighted by Gasteiger charge is -2.26. The van der Waals surface area contributed by atoms with Gasteiger partial charge in [0.05, 0.1) is 39.5 Å². The van der Waals surface area contributed by atoms with Gasteiger partial charge in [-0.2, -0.15) is 18.3 Å². The van der Waals surface area contributed by atoms with Gasteiger partial charge in [-0.25, -0.2) is 22.8 Å². The van der Waals surface area contributed by atoms with Gasteiger partial charge >= 0.3 is 6.18 Å². The van der Waals surface area contributed by atoms with Crippen LogP contribution < -0.4 is 5.01 Å². The molecule has 3 aromatic carbocycles. The van der Waals surface area contributed by atoms with Gasteiger partial charge in [-0.15, -0.1) is 0 Å². The summed E-state index contributed by atoms with van der Waals surface area (Å²) < 4.78 is 81.6. The number of aliphatic hydroxyl groups is 1. The van der Waals surface area contributed by atoms with E-state index in [1.165, 1.54) is 40.8 Å². The predicted octanol–water partition coefficient (Wildman–Crippen LogP) is 7.14. The van der Waals surface area contributed by atoms with Crippen LogP contribution in [0.15, 0.2) is 70.0 Å². The standard InChI is InChI=1S/C27H21Cl2F4N5O3S/c1-14-35-26(27(31,32)33)12-37(14)22-6-4-15(17-8-21(30)18(13-39)25(10-17)42(2,40)41)9-23(22)38-24(11-34-36-38)16-3-5-19(28)20(29)7-16/h3-10,12,24,39H,11,13H2,1-2H3. The summed E-state index contributed by atoms with van der Waals surface area (Å²) in [6.45, 7) is 0.756. The van der Waals surface area contributed by atoms with Crippen molar-refractivity contribution in [1.29, 1.82) is 0 Å². The van der Waals surface area contributed by atoms with Crippen molar-refractivity contribution in [2.75, 3.05) is 17.8 Å². The molecule has 1 unspecified atom stereocenters. The molecule has 1 N–H and O–H groups in total. The van der Waals surface area contributed by atoms with E-state index in [0.717, 1.165) is 18.5 Å². The molecule has 8 nitrogen and oxygen atoms in total. The Hall–Kier alpha value is -3.52. The molecule has 1 aromatic heterocycles. The maximum Gasteiger partial charge on any atom is 0.434 e. The Morgan fingerprint density at radius 2 is 1.76 bits per heavy atom. The van der Waals surface area contributed by atoms with E-state index in [1.54, 1.807) is 18.2 Å². The molecular formula is C27H21Cl2F4N5O3S. The summed E-state index contributed by atoms with van der Waals surface area (Å²) in [6, 6.07) is 11.3. The monoisotopic (exact) mass is 641 g/mol. The second kappa shape index (κ2) is 11.0. The molecule has 220 valence electrons. The van der Waals surface area contributed by atoms with Crippen LogP contribution in [0.25, 0.3) is 16.8 Å². The summed E-state index contributed by atoms with van der Waals surface area (Å²) in [6.07, 6.45) is -2.95. The van der Waals surface area contributed by atoms with Crippen LogP contribution >= 0.6 is 23.2 Å². The number of hydrogen-bond donors (Lipinski definition) is 1. The number of aromatic nitrogens is 2. The molecule has 42 heavy (non-hydrogen) atoms. The fourth-order valence-electron chi connectivity index (χ4n) is 4.71. The average molecular weight is 642 g/mol. The minimum atomic E-state index is -4.69. The van der Waals surface area contributed by atoms with Crippen molar-refractivity contribution < 1.29 is 31.1 Å². The van der Waals surface area contributed by atoms with E-state index in [2.05, 4.69) is 15.3 Å². The number of aryl methyl sites for hydroxylation is 1. The number of hydrogen-bond acceptors (Lipinski definition) is 7. The van der Waals surface area contributed by atoms with E-state index in [0.29, 0.717) is 16.1 Å². The summed E-state index contributed by atoms with van der Waals surface area (Å²) >= 11 is 12.3. The second-order valence-corrected chi connectivity index (χ2v) is 12.4. The van der Waals surface area contributed by atoms with E-state index in [-0.39, 0.29) is 44.8 Å². The third kappa shape index (κ3) is 5.61. The van der Waals surface area contributed by atoms with E-state index >= 15 is 0 Å². The fourth-order valence-corrected chi connectivity index (χ4v) is 5.97. The smallest absolute Gasteiger partial charge is 0.392 e. The first-order chi connectivity index (χ1) is 19.7. The molecular weight excluding hydrogens is 621 g/mol. The minimum absolute atomic E-state index is 0.0382. The molecule has 4 aromatic rings. The van der Waals surface area contributed by atoms with Crippen LogP contribution in [-0.2, 0) is 22.6 Å². The zero-order chi connectivity index (χ0) is 30.6. The predicted molar refractivity (Wildman–Crippen MR) is 149 cm³/mol. The van der Waals surface area contributed by atoms with Crippen molar-refractivity contribution in [2.45, 2.75) is 30.6 Å². The van der Waals surface area contributed by atoms with Crippen LogP contribution in [0.2, 0.25) is 10.0 Å². The van der Waals surface area contributed by atoms with Gasteiger partial charge in [0.15, 0.2) is 15.5 Å². The van der Waals surface area contributed by atoms with Crippen molar-refractivity contribution in [3.05, 3.63) is 93.2 Å². The molecule has 5 rings (SSSR count). The Bertz CT molecular complexity index is 1840. The first-order valence-electron chi connectivity index (χ1n) is 12.2. The Morgan fingerprint density at radius 3 is 2.38 bits per heavy atom. The highest BCUT2D eigenvalue weighted by Gasteiger charge is 2.35. The van der Waals surface area contributed by atoms with Crippen LogP contribution in [0.1, 0.15) is 28.7 Å². The Balaban J connectivity index is 1.73. The topological polar surface area (TPSA) is 100 Å². The van der Waals surface area contributed by atoms with Crippen molar-refractivity contribution >= 4 is 38.7 Å². The zero-order valence-corrected chi connectivity index (χ0v) is 24.2. The lowest BCUT2D eigenvalue weighted by Crippen LogP contribution is -2.22. The molecule has 1 aliphatic rings. The Kier molecular flexibility index (Phi) is 7.81. The molecule has 0 saturated carbocycles. The van der Waals surface area contributed by atoms with Gasteiger partial charge in [0.2, 0.25) is 0 Å². The van der Waals surface area contributed by atoms with Gasteiger partial charge in [0.25, 0.3) is 0 Å². The van der Waals surface area contributed by atoms with E-state index in [1.807, 2.05) is 0 Å². The van der Waals surface area contributed by atoms with Gasteiger partial charge in [-0.3, -0.25) is 0 Å². The zero-order valence-electron chi connectivity index (χ0n) is 21.9. The maximum absolute atomic E-state index is 15.0. The van der Waals surface area contributed by atoms with E-state index in [9.17, 15) is 31.1 Å². The molecule has 0 spiro atoms. The number of halogens is 6. The number of alkyl halides is 3. The molecule has 0 amide bonds. The maximum atomic E-state index is 15.0. The molecule has 0 saturated heterocycles. The van der Waals surface area contributed by atoms with E-state index < -0.39 is 40.2 Å². The van der Waals surface area contributed by atoms with Crippen LogP contribution in [-0.4, -0.2) is 35.9 Å². The van der Waals surface area contributed by atoms with Crippen LogP contribution in [0.4, 0.5) is 23.2 Å². The number of benzene rings is 3. The number of nitrogens with zero attached hydrogens (tertiary/aromatic N) is 5. The van der Waals surface area contributed by atoms with Crippen LogP contribution in [0.5, 0.6) is 0 Å². The molecule has 0 fully saturated rings. The normalized spacial score (nSPS) is 15.5. The largest absolute Gasteiger partial charge is 0.434 e. The summed E-state index contributed by atoms with van der Waals surface area (Å²) in [5.74, 6) is -0.896. The SMILES string of the molecule is Cc1nc(C(F)(F)F)cn1-c1ccc(-c2cc(F)c(CO)c(S(C)(=O)=O)c2)cc1N1N=NCC1c1ccc(Cl)c(Cl)c1. The average Bonchev–Trinajstić information content (AvgIpc) is 3.56. The molecule has 0 radical (unpaired) electrons. The Morgan fingerprint density at radius 1 is 1.02 bits per heavy atom. The third-order valence-corrected chi connectivity index (χ3v) is 8.64. The Labute approximate surface area is 247 Å². The third-order valence-electron chi connectivity index (χ3n) is 6.74. The summed E-state index contributed by atoms with van der Waals surface area (Å²) in [7, 11) is -3.93. The molecule has 1 atom stereocenters. The molecule has 0 aliphatic carbocycles. The van der Waals surface area contributed by atoms with Gasteiger partial charge in [0, 0.05) is 18.0 Å². The highest BCUT2D eigenvalue weighted by atomic mass is 35.5.